The van der Waals surface area contributed by atoms with Gasteiger partial charge in [-0.1, -0.05) is 23.2 Å². The van der Waals surface area contributed by atoms with Gasteiger partial charge in [0.2, 0.25) is 0 Å². The SMILES string of the molecule is CCOC(C)CNC(=O)c1cc(Cl)c(N)c(Cl)c1. The Morgan fingerprint density at radius 2 is 2.00 bits per heavy atom. The predicted octanol–water partition coefficient (Wildman–Crippen LogP) is 2.73. The summed E-state index contributed by atoms with van der Waals surface area (Å²) in [6, 6.07) is 2.98. The van der Waals surface area contributed by atoms with Gasteiger partial charge in [-0.05, 0) is 26.0 Å². The molecule has 1 rings (SSSR count). The molecule has 6 heteroatoms. The number of carbonyl (C=O) groups excluding carboxylic acids is 1. The molecule has 1 amide bonds. The molecule has 0 aliphatic carbocycles. The summed E-state index contributed by atoms with van der Waals surface area (Å²) in [5, 5.41) is 3.27. The molecule has 18 heavy (non-hydrogen) atoms. The summed E-state index contributed by atoms with van der Waals surface area (Å²) in [7, 11) is 0. The van der Waals surface area contributed by atoms with E-state index in [0.717, 1.165) is 0 Å². The summed E-state index contributed by atoms with van der Waals surface area (Å²) in [5.41, 5.74) is 6.25. The van der Waals surface area contributed by atoms with Crippen LogP contribution in [0.3, 0.4) is 0 Å². The molecule has 3 N–H and O–H groups in total. The lowest BCUT2D eigenvalue weighted by atomic mass is 10.2. The normalized spacial score (nSPS) is 12.2. The van der Waals surface area contributed by atoms with Gasteiger partial charge >= 0.3 is 0 Å². The Morgan fingerprint density at radius 1 is 1.44 bits per heavy atom. The third kappa shape index (κ3) is 4.05. The number of hydrogen-bond donors (Lipinski definition) is 2. The molecule has 0 aliphatic rings. The van der Waals surface area contributed by atoms with Crippen LogP contribution in [0.1, 0.15) is 24.2 Å². The number of hydrogen-bond acceptors (Lipinski definition) is 3. The quantitative estimate of drug-likeness (QED) is 0.820. The zero-order valence-electron chi connectivity index (χ0n) is 10.3. The molecular weight excluding hydrogens is 275 g/mol. The summed E-state index contributed by atoms with van der Waals surface area (Å²) in [5.74, 6) is -0.259. The summed E-state index contributed by atoms with van der Waals surface area (Å²) in [6.07, 6.45) is -0.0429. The molecule has 1 aromatic carbocycles. The topological polar surface area (TPSA) is 64.3 Å². The van der Waals surface area contributed by atoms with Crippen molar-refractivity contribution < 1.29 is 9.53 Å². The zero-order chi connectivity index (χ0) is 13.7. The zero-order valence-corrected chi connectivity index (χ0v) is 11.8. The number of benzene rings is 1. The fourth-order valence-electron chi connectivity index (χ4n) is 1.40. The first-order valence-electron chi connectivity index (χ1n) is 5.60. The van der Waals surface area contributed by atoms with Crippen molar-refractivity contribution >= 4 is 34.8 Å². The van der Waals surface area contributed by atoms with Gasteiger partial charge < -0.3 is 15.8 Å². The largest absolute Gasteiger partial charge is 0.396 e. The highest BCUT2D eigenvalue weighted by molar-refractivity contribution is 6.39. The third-order valence-corrected chi connectivity index (χ3v) is 2.97. The Morgan fingerprint density at radius 3 is 2.50 bits per heavy atom. The van der Waals surface area contributed by atoms with Gasteiger partial charge in [-0.15, -0.1) is 0 Å². The second-order valence-electron chi connectivity index (χ2n) is 3.83. The summed E-state index contributed by atoms with van der Waals surface area (Å²) in [6.45, 7) is 4.81. The van der Waals surface area contributed by atoms with Gasteiger partial charge in [-0.3, -0.25) is 4.79 Å². The van der Waals surface area contributed by atoms with Gasteiger partial charge in [0.15, 0.2) is 0 Å². The first-order valence-corrected chi connectivity index (χ1v) is 6.35. The maximum Gasteiger partial charge on any atom is 0.251 e. The summed E-state index contributed by atoms with van der Waals surface area (Å²) in [4.78, 5) is 11.8. The lowest BCUT2D eigenvalue weighted by Crippen LogP contribution is -2.32. The third-order valence-electron chi connectivity index (χ3n) is 2.34. The van der Waals surface area contributed by atoms with Crippen molar-refractivity contribution in [2.75, 3.05) is 18.9 Å². The van der Waals surface area contributed by atoms with E-state index in [-0.39, 0.29) is 27.7 Å². The fourth-order valence-corrected chi connectivity index (χ4v) is 1.88. The van der Waals surface area contributed by atoms with Crippen LogP contribution in [-0.2, 0) is 4.74 Å². The highest BCUT2D eigenvalue weighted by Gasteiger charge is 2.12. The second kappa shape index (κ2) is 6.83. The number of carbonyl (C=O) groups is 1. The van der Waals surface area contributed by atoms with E-state index in [2.05, 4.69) is 5.32 Å². The molecule has 0 spiro atoms. The Labute approximate surface area is 116 Å². The lowest BCUT2D eigenvalue weighted by Gasteiger charge is -2.13. The van der Waals surface area contributed by atoms with Crippen LogP contribution in [0, 0.1) is 0 Å². The monoisotopic (exact) mass is 290 g/mol. The summed E-state index contributed by atoms with van der Waals surface area (Å²) < 4.78 is 5.31. The molecule has 1 atom stereocenters. The molecular formula is C12H16Cl2N2O2. The van der Waals surface area contributed by atoms with Gasteiger partial charge in [-0.2, -0.15) is 0 Å². The van der Waals surface area contributed by atoms with Gasteiger partial charge in [-0.25, -0.2) is 0 Å². The van der Waals surface area contributed by atoms with E-state index < -0.39 is 0 Å². The van der Waals surface area contributed by atoms with E-state index in [1.807, 2.05) is 13.8 Å². The fraction of sp³-hybridized carbons (Fsp3) is 0.417. The Kier molecular flexibility index (Phi) is 5.72. The summed E-state index contributed by atoms with van der Waals surface area (Å²) >= 11 is 11.7. The average molecular weight is 291 g/mol. The van der Waals surface area contributed by atoms with Crippen molar-refractivity contribution in [1.82, 2.24) is 5.32 Å². The van der Waals surface area contributed by atoms with Crippen LogP contribution in [0.5, 0.6) is 0 Å². The number of ether oxygens (including phenoxy) is 1. The number of nitrogen functional groups attached to an aromatic ring is 1. The number of anilines is 1. The van der Waals surface area contributed by atoms with Crippen molar-refractivity contribution in [3.8, 4) is 0 Å². The van der Waals surface area contributed by atoms with Crippen LogP contribution >= 0.6 is 23.2 Å². The highest BCUT2D eigenvalue weighted by Crippen LogP contribution is 2.28. The molecule has 0 radical (unpaired) electrons. The van der Waals surface area contributed by atoms with Gasteiger partial charge in [0.05, 0.1) is 21.8 Å². The lowest BCUT2D eigenvalue weighted by molar-refractivity contribution is 0.0695. The van der Waals surface area contributed by atoms with Crippen LogP contribution < -0.4 is 11.1 Å². The van der Waals surface area contributed by atoms with Gasteiger partial charge in [0.1, 0.15) is 0 Å². The second-order valence-corrected chi connectivity index (χ2v) is 4.64. The van der Waals surface area contributed by atoms with Crippen molar-refractivity contribution in [2.45, 2.75) is 20.0 Å². The van der Waals surface area contributed by atoms with Gasteiger partial charge in [0, 0.05) is 18.7 Å². The van der Waals surface area contributed by atoms with Crippen LogP contribution in [0.25, 0.3) is 0 Å². The molecule has 0 fully saturated rings. The number of amides is 1. The first-order chi connectivity index (χ1) is 8.45. The molecule has 4 nitrogen and oxygen atoms in total. The van der Waals surface area contributed by atoms with Crippen LogP contribution in [0.4, 0.5) is 5.69 Å². The number of halogens is 2. The van der Waals surface area contributed by atoms with Crippen LogP contribution in [0.15, 0.2) is 12.1 Å². The minimum absolute atomic E-state index is 0.0429. The van der Waals surface area contributed by atoms with E-state index in [1.54, 1.807) is 0 Å². The van der Waals surface area contributed by atoms with Crippen LogP contribution in [-0.4, -0.2) is 25.2 Å². The first kappa shape index (κ1) is 15.1. The molecule has 0 bridgehead atoms. The van der Waals surface area contributed by atoms with Crippen molar-refractivity contribution in [3.63, 3.8) is 0 Å². The van der Waals surface area contributed by atoms with E-state index in [9.17, 15) is 4.79 Å². The molecule has 0 aromatic heterocycles. The van der Waals surface area contributed by atoms with E-state index >= 15 is 0 Å². The number of nitrogens with two attached hydrogens (primary N) is 1. The molecule has 1 unspecified atom stereocenters. The van der Waals surface area contributed by atoms with Crippen molar-refractivity contribution in [1.29, 1.82) is 0 Å². The molecule has 0 saturated carbocycles. The molecule has 0 saturated heterocycles. The van der Waals surface area contributed by atoms with E-state index in [4.69, 9.17) is 33.7 Å². The molecule has 0 heterocycles. The predicted molar refractivity (Wildman–Crippen MR) is 74.3 cm³/mol. The van der Waals surface area contributed by atoms with E-state index in [0.29, 0.717) is 18.7 Å². The standard InChI is InChI=1S/C12H16Cl2N2O2/c1-3-18-7(2)6-16-12(17)8-4-9(13)11(15)10(14)5-8/h4-5,7H,3,6,15H2,1-2H3,(H,16,17). The Hall–Kier alpha value is -0.970. The van der Waals surface area contributed by atoms with Crippen molar-refractivity contribution in [3.05, 3.63) is 27.7 Å². The number of nitrogens with one attached hydrogen (secondary N) is 1. The Bertz CT molecular complexity index is 415. The molecule has 0 aliphatic heterocycles. The number of rotatable bonds is 5. The maximum absolute atomic E-state index is 11.8. The van der Waals surface area contributed by atoms with Gasteiger partial charge in [0.25, 0.3) is 5.91 Å². The minimum Gasteiger partial charge on any atom is -0.396 e. The minimum atomic E-state index is -0.259. The smallest absolute Gasteiger partial charge is 0.251 e. The highest BCUT2D eigenvalue weighted by atomic mass is 35.5. The Balaban J connectivity index is 2.67. The van der Waals surface area contributed by atoms with Crippen molar-refractivity contribution in [2.24, 2.45) is 0 Å². The van der Waals surface area contributed by atoms with E-state index in [1.165, 1.54) is 12.1 Å². The average Bonchev–Trinajstić information content (AvgIpc) is 2.32. The molecule has 1 aromatic rings. The maximum atomic E-state index is 11.8. The van der Waals surface area contributed by atoms with Crippen LogP contribution in [0.2, 0.25) is 10.0 Å². The molecule has 100 valence electrons.